The predicted molar refractivity (Wildman–Crippen MR) is 103 cm³/mol. The van der Waals surface area contributed by atoms with Crippen LogP contribution in [0.1, 0.15) is 29.5 Å². The predicted octanol–water partition coefficient (Wildman–Crippen LogP) is 3.56. The Morgan fingerprint density at radius 3 is 2.54 bits per heavy atom. The van der Waals surface area contributed by atoms with E-state index in [1.54, 1.807) is 12.2 Å². The molecule has 0 atom stereocenters. The average Bonchev–Trinajstić information content (AvgIpc) is 3.46. The topological polar surface area (TPSA) is 58.2 Å². The van der Waals surface area contributed by atoms with Gasteiger partial charge in [-0.3, -0.25) is 9.59 Å². The van der Waals surface area contributed by atoms with E-state index < -0.39 is 0 Å². The highest BCUT2D eigenvalue weighted by Crippen LogP contribution is 2.26. The second kappa shape index (κ2) is 7.00. The van der Waals surface area contributed by atoms with Gasteiger partial charge >= 0.3 is 0 Å². The first-order valence-electron chi connectivity index (χ1n) is 8.86. The monoisotopic (exact) mass is 344 g/mol. The van der Waals surface area contributed by atoms with Crippen molar-refractivity contribution in [2.24, 2.45) is 0 Å². The fraction of sp³-hybridized carbons (Fsp3) is 0.182. The number of hydrogen-bond acceptors (Lipinski definition) is 2. The van der Waals surface area contributed by atoms with Crippen molar-refractivity contribution >= 4 is 29.7 Å². The number of anilines is 1. The summed E-state index contributed by atoms with van der Waals surface area (Å²) in [6, 6.07) is 16.0. The Morgan fingerprint density at radius 1 is 1.04 bits per heavy atom. The molecule has 1 aliphatic carbocycles. The molecule has 26 heavy (non-hydrogen) atoms. The molecule has 0 saturated heterocycles. The number of carbonyl (C=O) groups excluding carboxylic acids is 2. The normalized spacial score (nSPS) is 17.8. The summed E-state index contributed by atoms with van der Waals surface area (Å²) in [6.07, 6.45) is 8.08. The van der Waals surface area contributed by atoms with Crippen LogP contribution in [0.4, 0.5) is 5.69 Å². The van der Waals surface area contributed by atoms with E-state index in [-0.39, 0.29) is 11.8 Å². The summed E-state index contributed by atoms with van der Waals surface area (Å²) in [4.78, 5) is 23.9. The minimum absolute atomic E-state index is 0.0452. The van der Waals surface area contributed by atoms with E-state index >= 15 is 0 Å². The van der Waals surface area contributed by atoms with Gasteiger partial charge in [-0.15, -0.1) is 0 Å². The summed E-state index contributed by atoms with van der Waals surface area (Å²) in [5.74, 6) is -0.0966. The maximum absolute atomic E-state index is 12.3. The first kappa shape index (κ1) is 16.3. The Morgan fingerprint density at radius 2 is 1.77 bits per heavy atom. The van der Waals surface area contributed by atoms with Crippen molar-refractivity contribution in [3.8, 4) is 0 Å². The zero-order chi connectivity index (χ0) is 17.9. The maximum Gasteiger partial charge on any atom is 0.251 e. The van der Waals surface area contributed by atoms with Gasteiger partial charge in [0.15, 0.2) is 0 Å². The van der Waals surface area contributed by atoms with Gasteiger partial charge in [-0.1, -0.05) is 42.5 Å². The fourth-order valence-electron chi connectivity index (χ4n) is 2.95. The van der Waals surface area contributed by atoms with Crippen molar-refractivity contribution in [3.05, 3.63) is 76.9 Å². The van der Waals surface area contributed by atoms with Crippen molar-refractivity contribution in [1.82, 2.24) is 5.32 Å². The minimum Gasteiger partial charge on any atom is -0.350 e. The van der Waals surface area contributed by atoms with Gasteiger partial charge in [0.25, 0.3) is 5.91 Å². The van der Waals surface area contributed by atoms with E-state index in [1.807, 2.05) is 54.6 Å². The Bertz CT molecular complexity index is 906. The largest absolute Gasteiger partial charge is 0.350 e. The zero-order valence-corrected chi connectivity index (χ0v) is 14.4. The molecule has 0 radical (unpaired) electrons. The first-order chi connectivity index (χ1) is 12.7. The summed E-state index contributed by atoms with van der Waals surface area (Å²) >= 11 is 0. The molecule has 1 aliphatic heterocycles. The number of fused-ring (bicyclic) bond motifs is 1. The number of para-hydroxylation sites is 1. The summed E-state index contributed by atoms with van der Waals surface area (Å²) < 4.78 is 0. The smallest absolute Gasteiger partial charge is 0.251 e. The molecule has 2 N–H and O–H groups in total. The highest BCUT2D eigenvalue weighted by atomic mass is 16.2. The SMILES string of the molecule is O=C(/C=C/c1ccc(C=C2Cc3ccccc3NC2=O)cc1)NC1CC1. The third-order valence-corrected chi connectivity index (χ3v) is 4.57. The summed E-state index contributed by atoms with van der Waals surface area (Å²) in [6.45, 7) is 0. The molecule has 0 bridgehead atoms. The van der Waals surface area contributed by atoms with Crippen LogP contribution in [0.3, 0.4) is 0 Å². The van der Waals surface area contributed by atoms with Crippen LogP contribution in [0.5, 0.6) is 0 Å². The number of carbonyl (C=O) groups is 2. The van der Waals surface area contributed by atoms with Gasteiger partial charge in [-0.2, -0.15) is 0 Å². The summed E-state index contributed by atoms with van der Waals surface area (Å²) in [7, 11) is 0. The van der Waals surface area contributed by atoms with E-state index in [4.69, 9.17) is 0 Å². The highest BCUT2D eigenvalue weighted by molar-refractivity contribution is 6.09. The second-order valence-corrected chi connectivity index (χ2v) is 6.74. The summed E-state index contributed by atoms with van der Waals surface area (Å²) in [5.41, 5.74) is 4.68. The molecule has 0 aromatic heterocycles. The standard InChI is InChI=1S/C22H20N2O2/c25-21(23-19-10-11-19)12-9-15-5-7-16(8-6-15)13-18-14-17-3-1-2-4-20(17)24-22(18)26/h1-9,12-13,19H,10-11,14H2,(H,23,25)(H,24,26)/b12-9+,18-13?. The highest BCUT2D eigenvalue weighted by Gasteiger charge is 2.22. The number of rotatable bonds is 4. The molecule has 1 fully saturated rings. The number of benzene rings is 2. The van der Waals surface area contributed by atoms with Gasteiger partial charge < -0.3 is 10.6 Å². The minimum atomic E-state index is -0.0515. The molecule has 4 nitrogen and oxygen atoms in total. The van der Waals surface area contributed by atoms with Gasteiger partial charge in [0.2, 0.25) is 5.91 Å². The van der Waals surface area contributed by atoms with Crippen molar-refractivity contribution < 1.29 is 9.59 Å². The maximum atomic E-state index is 12.3. The van der Waals surface area contributed by atoms with Gasteiger partial charge in [0.05, 0.1) is 0 Å². The van der Waals surface area contributed by atoms with Gasteiger partial charge in [0.1, 0.15) is 0 Å². The molecule has 1 heterocycles. The zero-order valence-electron chi connectivity index (χ0n) is 14.4. The van der Waals surface area contributed by atoms with E-state index in [9.17, 15) is 9.59 Å². The lowest BCUT2D eigenvalue weighted by atomic mass is 9.96. The average molecular weight is 344 g/mol. The van der Waals surface area contributed by atoms with Crippen LogP contribution < -0.4 is 10.6 Å². The van der Waals surface area contributed by atoms with E-state index in [0.717, 1.165) is 40.8 Å². The Labute approximate surface area is 152 Å². The molecular formula is C22H20N2O2. The molecule has 2 amide bonds. The first-order valence-corrected chi connectivity index (χ1v) is 8.86. The lowest BCUT2D eigenvalue weighted by Crippen LogP contribution is -2.22. The third kappa shape index (κ3) is 3.91. The van der Waals surface area contributed by atoms with E-state index in [0.29, 0.717) is 12.5 Å². The molecule has 2 aromatic rings. The van der Waals surface area contributed by atoms with Gasteiger partial charge in [-0.05, 0) is 47.8 Å². The quantitative estimate of drug-likeness (QED) is 0.833. The van der Waals surface area contributed by atoms with Crippen LogP contribution >= 0.6 is 0 Å². The third-order valence-electron chi connectivity index (χ3n) is 4.57. The molecule has 1 saturated carbocycles. The van der Waals surface area contributed by atoms with Crippen LogP contribution in [-0.4, -0.2) is 17.9 Å². The van der Waals surface area contributed by atoms with Crippen LogP contribution in [0.25, 0.3) is 12.2 Å². The van der Waals surface area contributed by atoms with Gasteiger partial charge in [-0.25, -0.2) is 0 Å². The van der Waals surface area contributed by atoms with Crippen LogP contribution in [-0.2, 0) is 16.0 Å². The lowest BCUT2D eigenvalue weighted by Gasteiger charge is -2.19. The van der Waals surface area contributed by atoms with Crippen molar-refractivity contribution in [2.75, 3.05) is 5.32 Å². The second-order valence-electron chi connectivity index (χ2n) is 6.74. The Hall–Kier alpha value is -3.14. The summed E-state index contributed by atoms with van der Waals surface area (Å²) in [5, 5.41) is 5.86. The van der Waals surface area contributed by atoms with Gasteiger partial charge in [0, 0.05) is 29.8 Å². The van der Waals surface area contributed by atoms with Crippen molar-refractivity contribution in [2.45, 2.75) is 25.3 Å². The molecule has 2 aromatic carbocycles. The molecule has 4 heteroatoms. The molecule has 2 aliphatic rings. The molecule has 0 unspecified atom stereocenters. The van der Waals surface area contributed by atoms with Crippen LogP contribution in [0.2, 0.25) is 0 Å². The van der Waals surface area contributed by atoms with E-state index in [1.165, 1.54) is 0 Å². The van der Waals surface area contributed by atoms with E-state index in [2.05, 4.69) is 10.6 Å². The molecule has 0 spiro atoms. The van der Waals surface area contributed by atoms with Crippen molar-refractivity contribution in [3.63, 3.8) is 0 Å². The molecule has 130 valence electrons. The van der Waals surface area contributed by atoms with Crippen LogP contribution in [0.15, 0.2) is 60.2 Å². The fourth-order valence-corrected chi connectivity index (χ4v) is 2.95. The Kier molecular flexibility index (Phi) is 4.40. The number of amides is 2. The lowest BCUT2D eigenvalue weighted by molar-refractivity contribution is -0.116. The molecular weight excluding hydrogens is 324 g/mol. The van der Waals surface area contributed by atoms with Crippen molar-refractivity contribution in [1.29, 1.82) is 0 Å². The Balaban J connectivity index is 1.45. The molecule has 4 rings (SSSR count). The number of hydrogen-bond donors (Lipinski definition) is 2. The van der Waals surface area contributed by atoms with Crippen LogP contribution in [0, 0.1) is 0 Å². The number of nitrogens with one attached hydrogen (secondary N) is 2.